The fourth-order valence-corrected chi connectivity index (χ4v) is 5.39. The highest BCUT2D eigenvalue weighted by Crippen LogP contribution is 2.38. The van der Waals surface area contributed by atoms with Crippen LogP contribution in [0.25, 0.3) is 0 Å². The van der Waals surface area contributed by atoms with Crippen molar-refractivity contribution >= 4 is 5.69 Å². The first-order chi connectivity index (χ1) is 18.0. The molecule has 0 radical (unpaired) electrons. The summed E-state index contributed by atoms with van der Waals surface area (Å²) in [5.41, 5.74) is 3.33. The van der Waals surface area contributed by atoms with Crippen molar-refractivity contribution in [3.8, 4) is 17.2 Å². The van der Waals surface area contributed by atoms with Crippen LogP contribution >= 0.6 is 0 Å². The topological polar surface area (TPSA) is 97.1 Å². The molecular weight excluding hydrogens is 470 g/mol. The second kappa shape index (κ2) is 14.8. The van der Waals surface area contributed by atoms with E-state index in [1.807, 2.05) is 6.07 Å². The lowest BCUT2D eigenvalue weighted by molar-refractivity contribution is -0.385. The molecule has 0 unspecified atom stereocenters. The van der Waals surface area contributed by atoms with Gasteiger partial charge in [0.15, 0.2) is 17.2 Å². The van der Waals surface area contributed by atoms with Gasteiger partial charge in [-0.1, -0.05) is 31.9 Å². The Hall–Kier alpha value is -2.84. The fraction of sp³-hybridized carbons (Fsp3) is 0.586. The zero-order valence-corrected chi connectivity index (χ0v) is 22.6. The van der Waals surface area contributed by atoms with Crippen molar-refractivity contribution in [1.29, 1.82) is 0 Å². The normalized spacial score (nSPS) is 15.0. The van der Waals surface area contributed by atoms with E-state index < -0.39 is 4.92 Å². The van der Waals surface area contributed by atoms with Crippen LogP contribution in [0.5, 0.6) is 17.2 Å². The van der Waals surface area contributed by atoms with Gasteiger partial charge in [0.2, 0.25) is 0 Å². The Morgan fingerprint density at radius 3 is 2.62 bits per heavy atom. The molecule has 1 aliphatic carbocycles. The van der Waals surface area contributed by atoms with Crippen LogP contribution in [0.2, 0.25) is 0 Å². The van der Waals surface area contributed by atoms with Gasteiger partial charge in [-0.05, 0) is 94.4 Å². The molecule has 0 heterocycles. The number of hydrogen-bond acceptors (Lipinski definition) is 7. The van der Waals surface area contributed by atoms with Gasteiger partial charge < -0.3 is 24.8 Å². The van der Waals surface area contributed by atoms with Gasteiger partial charge in [0, 0.05) is 17.7 Å². The fourth-order valence-electron chi connectivity index (χ4n) is 5.39. The van der Waals surface area contributed by atoms with E-state index in [4.69, 9.17) is 9.47 Å². The first kappa shape index (κ1) is 28.7. The number of phenols is 1. The molecule has 0 saturated heterocycles. The van der Waals surface area contributed by atoms with E-state index >= 15 is 0 Å². The van der Waals surface area contributed by atoms with Gasteiger partial charge in [-0.15, -0.1) is 0 Å². The van der Waals surface area contributed by atoms with E-state index in [-0.39, 0.29) is 11.4 Å². The van der Waals surface area contributed by atoms with Crippen molar-refractivity contribution in [1.82, 2.24) is 10.2 Å². The van der Waals surface area contributed by atoms with E-state index in [9.17, 15) is 15.2 Å². The molecule has 2 N–H and O–H groups in total. The van der Waals surface area contributed by atoms with Crippen LogP contribution in [-0.2, 0) is 19.3 Å². The molecule has 204 valence electrons. The SMILES string of the molecule is CCCN(CCCCCCNCCc1ccc(O)c([N+](=O)[O-])c1)[C@H]1CCc2c(ccc(OC)c2OC)C1. The van der Waals surface area contributed by atoms with E-state index in [0.717, 1.165) is 68.9 Å². The summed E-state index contributed by atoms with van der Waals surface area (Å²) in [4.78, 5) is 13.1. The zero-order chi connectivity index (χ0) is 26.6. The Kier molecular flexibility index (Phi) is 11.5. The first-order valence-electron chi connectivity index (χ1n) is 13.6. The van der Waals surface area contributed by atoms with Crippen LogP contribution in [0, 0.1) is 10.1 Å². The van der Waals surface area contributed by atoms with Gasteiger partial charge >= 0.3 is 5.69 Å². The molecule has 0 fully saturated rings. The number of hydrogen-bond donors (Lipinski definition) is 2. The number of aromatic hydroxyl groups is 1. The Balaban J connectivity index is 1.34. The van der Waals surface area contributed by atoms with Crippen LogP contribution in [0.15, 0.2) is 30.3 Å². The highest BCUT2D eigenvalue weighted by Gasteiger charge is 2.27. The summed E-state index contributed by atoms with van der Waals surface area (Å²) in [6, 6.07) is 9.43. The lowest BCUT2D eigenvalue weighted by atomic mass is 9.86. The van der Waals surface area contributed by atoms with Crippen molar-refractivity contribution < 1.29 is 19.5 Å². The number of benzene rings is 2. The minimum atomic E-state index is -0.546. The number of ether oxygens (including phenoxy) is 2. The molecule has 0 saturated carbocycles. The highest BCUT2D eigenvalue weighted by atomic mass is 16.6. The van der Waals surface area contributed by atoms with Crippen LogP contribution in [0.1, 0.15) is 62.1 Å². The lowest BCUT2D eigenvalue weighted by Gasteiger charge is -2.36. The Bertz CT molecular complexity index is 1010. The van der Waals surface area contributed by atoms with Gasteiger partial charge in [-0.2, -0.15) is 0 Å². The number of rotatable bonds is 16. The molecule has 0 aromatic heterocycles. The number of nitrogens with zero attached hydrogens (tertiary/aromatic N) is 2. The monoisotopic (exact) mass is 513 g/mol. The number of unbranched alkanes of at least 4 members (excludes halogenated alkanes) is 3. The molecule has 1 aliphatic rings. The van der Waals surface area contributed by atoms with Crippen LogP contribution < -0.4 is 14.8 Å². The van der Waals surface area contributed by atoms with Gasteiger partial charge in [0.05, 0.1) is 19.1 Å². The van der Waals surface area contributed by atoms with Gasteiger partial charge in [0.25, 0.3) is 0 Å². The molecule has 2 aromatic rings. The van der Waals surface area contributed by atoms with E-state index in [1.54, 1.807) is 20.3 Å². The predicted octanol–water partition coefficient (Wildman–Crippen LogP) is 5.28. The zero-order valence-electron chi connectivity index (χ0n) is 22.6. The average Bonchev–Trinajstić information content (AvgIpc) is 2.91. The number of nitrogens with one attached hydrogen (secondary N) is 1. The summed E-state index contributed by atoms with van der Waals surface area (Å²) in [6.07, 6.45) is 9.90. The molecule has 0 aliphatic heterocycles. The summed E-state index contributed by atoms with van der Waals surface area (Å²) in [7, 11) is 3.43. The Labute approximate surface area is 221 Å². The number of fused-ring (bicyclic) bond motifs is 1. The number of nitro benzene ring substituents is 1. The van der Waals surface area contributed by atoms with Crippen LogP contribution in [0.3, 0.4) is 0 Å². The third-order valence-electron chi connectivity index (χ3n) is 7.33. The third kappa shape index (κ3) is 8.07. The summed E-state index contributed by atoms with van der Waals surface area (Å²) < 4.78 is 11.2. The average molecular weight is 514 g/mol. The maximum Gasteiger partial charge on any atom is 0.310 e. The molecule has 1 atom stereocenters. The molecule has 3 rings (SSSR count). The van der Waals surface area contributed by atoms with Crippen molar-refractivity contribution in [2.24, 2.45) is 0 Å². The number of nitro groups is 1. The first-order valence-corrected chi connectivity index (χ1v) is 13.6. The summed E-state index contributed by atoms with van der Waals surface area (Å²) in [6.45, 7) is 6.27. The van der Waals surface area contributed by atoms with Gasteiger partial charge in [-0.3, -0.25) is 10.1 Å². The lowest BCUT2D eigenvalue weighted by Crippen LogP contribution is -2.40. The van der Waals surface area contributed by atoms with Crippen LogP contribution in [0.4, 0.5) is 5.69 Å². The van der Waals surface area contributed by atoms with Crippen LogP contribution in [-0.4, -0.2) is 61.4 Å². The van der Waals surface area contributed by atoms with E-state index in [1.165, 1.54) is 48.9 Å². The second-order valence-electron chi connectivity index (χ2n) is 9.87. The minimum Gasteiger partial charge on any atom is -0.502 e. The van der Waals surface area contributed by atoms with Crippen molar-refractivity contribution in [2.75, 3.05) is 40.4 Å². The highest BCUT2D eigenvalue weighted by molar-refractivity contribution is 5.52. The minimum absolute atomic E-state index is 0.230. The summed E-state index contributed by atoms with van der Waals surface area (Å²) in [5, 5.41) is 24.0. The standard InChI is InChI=1S/C29H43N3O5/c1-4-18-31(24-11-12-25-23(21-24)10-14-28(36-2)29(25)37-3)19-8-6-5-7-16-30-17-15-22-9-13-27(33)26(20-22)32(34)35/h9-10,13-14,20,24,30,33H,4-8,11-12,15-19,21H2,1-3H3/t24-/m0/s1. The molecular formula is C29H43N3O5. The maximum absolute atomic E-state index is 11.0. The molecule has 8 nitrogen and oxygen atoms in total. The largest absolute Gasteiger partial charge is 0.502 e. The summed E-state index contributed by atoms with van der Waals surface area (Å²) in [5.74, 6) is 1.44. The Morgan fingerprint density at radius 1 is 1.08 bits per heavy atom. The second-order valence-corrected chi connectivity index (χ2v) is 9.87. The van der Waals surface area contributed by atoms with Crippen molar-refractivity contribution in [3.63, 3.8) is 0 Å². The van der Waals surface area contributed by atoms with E-state index in [2.05, 4.69) is 23.2 Å². The smallest absolute Gasteiger partial charge is 0.310 e. The third-order valence-corrected chi connectivity index (χ3v) is 7.33. The molecule has 8 heteroatoms. The van der Waals surface area contributed by atoms with Gasteiger partial charge in [-0.25, -0.2) is 0 Å². The predicted molar refractivity (Wildman–Crippen MR) is 147 cm³/mol. The quantitative estimate of drug-likeness (QED) is 0.179. The van der Waals surface area contributed by atoms with E-state index in [0.29, 0.717) is 12.5 Å². The molecule has 0 spiro atoms. The molecule has 0 amide bonds. The number of methoxy groups -OCH3 is 2. The molecule has 0 bridgehead atoms. The van der Waals surface area contributed by atoms with Gasteiger partial charge in [0.1, 0.15) is 0 Å². The number of phenolic OH excluding ortho intramolecular Hbond substituents is 1. The van der Waals surface area contributed by atoms with Crippen molar-refractivity contribution in [2.45, 2.75) is 70.8 Å². The molecule has 37 heavy (non-hydrogen) atoms. The van der Waals surface area contributed by atoms with Crippen molar-refractivity contribution in [3.05, 3.63) is 57.1 Å². The molecule has 2 aromatic carbocycles. The Morgan fingerprint density at radius 2 is 1.89 bits per heavy atom. The summed E-state index contributed by atoms with van der Waals surface area (Å²) >= 11 is 0. The maximum atomic E-state index is 11.0.